The first-order chi connectivity index (χ1) is 10.0. The Hall–Kier alpha value is -0.940. The summed E-state index contributed by atoms with van der Waals surface area (Å²) in [6.07, 6.45) is 3.23. The van der Waals surface area contributed by atoms with Gasteiger partial charge < -0.3 is 4.90 Å². The van der Waals surface area contributed by atoms with Gasteiger partial charge in [0.1, 0.15) is 0 Å². The molecule has 1 spiro atoms. The van der Waals surface area contributed by atoms with Gasteiger partial charge in [0, 0.05) is 31.1 Å². The molecule has 2 aliphatic rings. The molecule has 21 heavy (non-hydrogen) atoms. The fourth-order valence-electron chi connectivity index (χ4n) is 3.63. The van der Waals surface area contributed by atoms with Gasteiger partial charge in [0.2, 0.25) is 5.91 Å². The molecular weight excluding hydrogens is 282 g/mol. The molecule has 0 bridgehead atoms. The topological polar surface area (TPSA) is 36.4 Å². The molecule has 0 aliphatic carbocycles. The molecule has 1 aromatic heterocycles. The van der Waals surface area contributed by atoms with Crippen LogP contribution in [0, 0.1) is 12.3 Å². The minimum atomic E-state index is -0.0905. The Kier molecular flexibility index (Phi) is 4.06. The van der Waals surface area contributed by atoms with Crippen LogP contribution in [0.15, 0.2) is 5.38 Å². The average Bonchev–Trinajstić information content (AvgIpc) is 2.89. The first kappa shape index (κ1) is 15.0. The van der Waals surface area contributed by atoms with E-state index in [1.807, 2.05) is 6.92 Å². The molecule has 0 saturated carbocycles. The molecule has 3 rings (SSSR count). The number of aryl methyl sites for hydroxylation is 1. The van der Waals surface area contributed by atoms with Gasteiger partial charge in [-0.25, -0.2) is 4.98 Å². The van der Waals surface area contributed by atoms with Crippen LogP contribution in [0.4, 0.5) is 0 Å². The summed E-state index contributed by atoms with van der Waals surface area (Å²) in [7, 11) is 0. The molecule has 116 valence electrons. The minimum absolute atomic E-state index is 0.0905. The quantitative estimate of drug-likeness (QED) is 0.803. The Balaban J connectivity index is 1.63. The number of hydrogen-bond acceptors (Lipinski definition) is 4. The summed E-state index contributed by atoms with van der Waals surface area (Å²) in [5.74, 6) is 0.385. The second-order valence-electron chi connectivity index (χ2n) is 6.64. The molecule has 5 heteroatoms. The summed E-state index contributed by atoms with van der Waals surface area (Å²) < 4.78 is 0. The van der Waals surface area contributed by atoms with Crippen LogP contribution in [0.3, 0.4) is 0 Å². The highest BCUT2D eigenvalue weighted by Crippen LogP contribution is 2.42. The largest absolute Gasteiger partial charge is 0.338 e. The van der Waals surface area contributed by atoms with E-state index in [4.69, 9.17) is 0 Å². The number of nitrogens with zero attached hydrogens (tertiary/aromatic N) is 3. The number of likely N-dealkylation sites (tertiary alicyclic amines) is 2. The van der Waals surface area contributed by atoms with Crippen LogP contribution in [0.25, 0.3) is 0 Å². The van der Waals surface area contributed by atoms with Gasteiger partial charge in [-0.15, -0.1) is 11.3 Å². The molecule has 0 unspecified atom stereocenters. The van der Waals surface area contributed by atoms with Crippen molar-refractivity contribution in [3.63, 3.8) is 0 Å². The van der Waals surface area contributed by atoms with E-state index in [9.17, 15) is 4.79 Å². The molecule has 1 aromatic rings. The molecule has 0 N–H and O–H groups in total. The van der Waals surface area contributed by atoms with Gasteiger partial charge >= 0.3 is 0 Å². The molecule has 1 amide bonds. The first-order valence-corrected chi connectivity index (χ1v) is 8.86. The molecular formula is C16H25N3OS. The summed E-state index contributed by atoms with van der Waals surface area (Å²) in [4.78, 5) is 21.7. The number of aromatic nitrogens is 1. The van der Waals surface area contributed by atoms with Gasteiger partial charge in [-0.1, -0.05) is 6.92 Å². The standard InChI is InChI=1S/C16H25N3OS/c1-4-12(2)19-11-16(15(19)20)6-5-7-18(10-16)8-14-9-21-13(3)17-14/h9,12H,4-8,10-11H2,1-3H3/t12-,16-/m1/s1. The Morgan fingerprint density at radius 3 is 2.90 bits per heavy atom. The number of β-lactam (4-membered cyclic amide) rings is 1. The molecule has 4 nitrogen and oxygen atoms in total. The number of rotatable bonds is 4. The number of piperidine rings is 1. The molecule has 2 saturated heterocycles. The van der Waals surface area contributed by atoms with Crippen LogP contribution >= 0.6 is 11.3 Å². The predicted octanol–water partition coefficient (Wildman–Crippen LogP) is 2.67. The van der Waals surface area contributed by atoms with Crippen molar-refractivity contribution >= 4 is 17.2 Å². The number of carbonyl (C=O) groups is 1. The maximum atomic E-state index is 12.6. The van der Waals surface area contributed by atoms with Gasteiger partial charge in [0.05, 0.1) is 16.1 Å². The monoisotopic (exact) mass is 307 g/mol. The summed E-state index contributed by atoms with van der Waals surface area (Å²) in [5, 5.41) is 3.27. The van der Waals surface area contributed by atoms with E-state index < -0.39 is 0 Å². The minimum Gasteiger partial charge on any atom is -0.338 e. The van der Waals surface area contributed by atoms with Crippen molar-refractivity contribution in [2.75, 3.05) is 19.6 Å². The number of hydrogen-bond donors (Lipinski definition) is 0. The Morgan fingerprint density at radius 1 is 1.48 bits per heavy atom. The average molecular weight is 307 g/mol. The van der Waals surface area contributed by atoms with Crippen LogP contribution in [-0.4, -0.2) is 46.4 Å². The van der Waals surface area contributed by atoms with Crippen LogP contribution in [-0.2, 0) is 11.3 Å². The van der Waals surface area contributed by atoms with Crippen LogP contribution in [0.2, 0.25) is 0 Å². The van der Waals surface area contributed by atoms with Gasteiger partial charge in [-0.3, -0.25) is 9.69 Å². The van der Waals surface area contributed by atoms with E-state index in [1.54, 1.807) is 11.3 Å². The summed E-state index contributed by atoms with van der Waals surface area (Å²) in [6, 6.07) is 0.389. The van der Waals surface area contributed by atoms with Crippen molar-refractivity contribution in [3.05, 3.63) is 16.1 Å². The summed E-state index contributed by atoms with van der Waals surface area (Å²) >= 11 is 1.71. The smallest absolute Gasteiger partial charge is 0.232 e. The van der Waals surface area contributed by atoms with Crippen molar-refractivity contribution in [1.29, 1.82) is 0 Å². The molecule has 2 atom stereocenters. The first-order valence-electron chi connectivity index (χ1n) is 7.98. The Labute approximate surface area is 131 Å². The highest BCUT2D eigenvalue weighted by Gasteiger charge is 2.54. The third kappa shape index (κ3) is 2.73. The second-order valence-corrected chi connectivity index (χ2v) is 7.70. The highest BCUT2D eigenvalue weighted by molar-refractivity contribution is 7.09. The zero-order chi connectivity index (χ0) is 15.0. The second kappa shape index (κ2) is 5.69. The van der Waals surface area contributed by atoms with E-state index in [1.165, 1.54) is 0 Å². The third-order valence-corrected chi connectivity index (χ3v) is 5.84. The molecule has 2 fully saturated rings. The summed E-state index contributed by atoms with van der Waals surface area (Å²) in [5.41, 5.74) is 1.06. The lowest BCUT2D eigenvalue weighted by Crippen LogP contribution is -2.68. The van der Waals surface area contributed by atoms with Crippen molar-refractivity contribution in [2.24, 2.45) is 5.41 Å². The molecule has 3 heterocycles. The summed E-state index contributed by atoms with van der Waals surface area (Å²) in [6.45, 7) is 10.2. The Bertz CT molecular complexity index is 529. The molecule has 2 aliphatic heterocycles. The normalized spacial score (nSPS) is 28.0. The maximum absolute atomic E-state index is 12.6. The van der Waals surface area contributed by atoms with E-state index in [-0.39, 0.29) is 5.41 Å². The van der Waals surface area contributed by atoms with Gasteiger partial charge in [0.15, 0.2) is 0 Å². The Morgan fingerprint density at radius 2 is 2.29 bits per heavy atom. The number of thiazole rings is 1. The maximum Gasteiger partial charge on any atom is 0.232 e. The van der Waals surface area contributed by atoms with Crippen molar-refractivity contribution in [1.82, 2.24) is 14.8 Å². The van der Waals surface area contributed by atoms with E-state index in [0.29, 0.717) is 11.9 Å². The highest BCUT2D eigenvalue weighted by atomic mass is 32.1. The van der Waals surface area contributed by atoms with E-state index in [2.05, 4.69) is 34.0 Å². The lowest BCUT2D eigenvalue weighted by Gasteiger charge is -2.55. The van der Waals surface area contributed by atoms with Crippen molar-refractivity contribution in [3.8, 4) is 0 Å². The van der Waals surface area contributed by atoms with Gasteiger partial charge in [0.25, 0.3) is 0 Å². The predicted molar refractivity (Wildman–Crippen MR) is 85.3 cm³/mol. The van der Waals surface area contributed by atoms with Crippen molar-refractivity contribution < 1.29 is 4.79 Å². The van der Waals surface area contributed by atoms with E-state index >= 15 is 0 Å². The van der Waals surface area contributed by atoms with Crippen LogP contribution < -0.4 is 0 Å². The van der Waals surface area contributed by atoms with Gasteiger partial charge in [-0.05, 0) is 39.7 Å². The number of amides is 1. The lowest BCUT2D eigenvalue weighted by molar-refractivity contribution is -0.170. The van der Waals surface area contributed by atoms with Gasteiger partial charge in [-0.2, -0.15) is 0 Å². The van der Waals surface area contributed by atoms with Crippen molar-refractivity contribution in [2.45, 2.75) is 52.6 Å². The number of carbonyl (C=O) groups excluding carboxylic acids is 1. The fraction of sp³-hybridized carbons (Fsp3) is 0.750. The zero-order valence-corrected chi connectivity index (χ0v) is 14.1. The van der Waals surface area contributed by atoms with E-state index in [0.717, 1.165) is 56.1 Å². The fourth-order valence-corrected chi connectivity index (χ4v) is 4.23. The lowest BCUT2D eigenvalue weighted by atomic mass is 9.71. The van der Waals surface area contributed by atoms with Crippen LogP contribution in [0.5, 0.6) is 0 Å². The molecule has 0 aromatic carbocycles. The molecule has 0 radical (unpaired) electrons. The zero-order valence-electron chi connectivity index (χ0n) is 13.3. The SMILES string of the molecule is CC[C@@H](C)N1C[C@]2(CCCN(Cc3csc(C)n3)C2)C1=O. The van der Waals surface area contributed by atoms with Crippen LogP contribution in [0.1, 0.15) is 43.8 Å². The third-order valence-electron chi connectivity index (χ3n) is 5.02.